The van der Waals surface area contributed by atoms with E-state index in [4.69, 9.17) is 10.5 Å². The maximum atomic E-state index is 9.46. The Bertz CT molecular complexity index is 359. The fourth-order valence-electron chi connectivity index (χ4n) is 1.89. The molecule has 1 saturated carbocycles. The summed E-state index contributed by atoms with van der Waals surface area (Å²) in [4.78, 5) is 0. The van der Waals surface area contributed by atoms with Crippen LogP contribution in [0.1, 0.15) is 18.4 Å². The summed E-state index contributed by atoms with van der Waals surface area (Å²) in [5, 5.41) is 9.46. The van der Waals surface area contributed by atoms with Crippen LogP contribution >= 0.6 is 0 Å². The first-order valence-electron chi connectivity index (χ1n) is 5.25. The standard InChI is InChI=1S/C12H17NO2/c1-15-11-6-9(2-3-10(11)14)7-12(8-13)4-5-12/h2-3,6,14H,4-5,7-8,13H2,1H3. The molecule has 0 spiro atoms. The van der Waals surface area contributed by atoms with Gasteiger partial charge in [-0.2, -0.15) is 0 Å². The second-order valence-corrected chi connectivity index (χ2v) is 4.39. The van der Waals surface area contributed by atoms with Gasteiger partial charge in [0.15, 0.2) is 11.5 Å². The van der Waals surface area contributed by atoms with Crippen molar-refractivity contribution < 1.29 is 9.84 Å². The number of methoxy groups -OCH3 is 1. The molecular weight excluding hydrogens is 190 g/mol. The lowest BCUT2D eigenvalue weighted by atomic mass is 9.96. The molecule has 1 aromatic rings. The van der Waals surface area contributed by atoms with Crippen molar-refractivity contribution in [1.82, 2.24) is 0 Å². The number of rotatable bonds is 4. The molecule has 1 aliphatic carbocycles. The number of phenolic OH excluding ortho intramolecular Hbond substituents is 1. The fourth-order valence-corrected chi connectivity index (χ4v) is 1.89. The van der Waals surface area contributed by atoms with Crippen LogP contribution in [0.2, 0.25) is 0 Å². The summed E-state index contributed by atoms with van der Waals surface area (Å²) in [6.07, 6.45) is 3.42. The number of benzene rings is 1. The molecule has 0 bridgehead atoms. The van der Waals surface area contributed by atoms with Crippen LogP contribution in [0.5, 0.6) is 11.5 Å². The molecule has 0 heterocycles. The first kappa shape index (κ1) is 10.3. The van der Waals surface area contributed by atoms with Crippen molar-refractivity contribution in [3.63, 3.8) is 0 Å². The summed E-state index contributed by atoms with van der Waals surface area (Å²) in [6, 6.07) is 5.51. The summed E-state index contributed by atoms with van der Waals surface area (Å²) >= 11 is 0. The van der Waals surface area contributed by atoms with E-state index < -0.39 is 0 Å². The number of hydrogen-bond donors (Lipinski definition) is 2. The molecule has 15 heavy (non-hydrogen) atoms. The van der Waals surface area contributed by atoms with Crippen molar-refractivity contribution in [2.24, 2.45) is 11.1 Å². The van der Waals surface area contributed by atoms with Crippen LogP contribution in [0.15, 0.2) is 18.2 Å². The number of nitrogens with two attached hydrogens (primary N) is 1. The highest BCUT2D eigenvalue weighted by Crippen LogP contribution is 2.47. The monoisotopic (exact) mass is 207 g/mol. The molecule has 2 rings (SSSR count). The molecule has 0 unspecified atom stereocenters. The van der Waals surface area contributed by atoms with E-state index in [1.54, 1.807) is 13.2 Å². The Morgan fingerprint density at radius 2 is 2.20 bits per heavy atom. The Morgan fingerprint density at radius 3 is 2.73 bits per heavy atom. The Hall–Kier alpha value is -1.22. The van der Waals surface area contributed by atoms with Crippen LogP contribution in [0.25, 0.3) is 0 Å². The van der Waals surface area contributed by atoms with E-state index in [9.17, 15) is 5.11 Å². The first-order chi connectivity index (χ1) is 7.19. The van der Waals surface area contributed by atoms with E-state index in [-0.39, 0.29) is 5.75 Å². The van der Waals surface area contributed by atoms with Crippen LogP contribution in [0, 0.1) is 5.41 Å². The second-order valence-electron chi connectivity index (χ2n) is 4.39. The van der Waals surface area contributed by atoms with Crippen LogP contribution in [0.4, 0.5) is 0 Å². The maximum absolute atomic E-state index is 9.46. The van der Waals surface area contributed by atoms with Crippen molar-refractivity contribution in [2.45, 2.75) is 19.3 Å². The highest BCUT2D eigenvalue weighted by atomic mass is 16.5. The molecule has 0 amide bonds. The lowest BCUT2D eigenvalue weighted by molar-refractivity contribution is 0.372. The van der Waals surface area contributed by atoms with Crippen molar-refractivity contribution >= 4 is 0 Å². The van der Waals surface area contributed by atoms with Gasteiger partial charge in [-0.1, -0.05) is 6.07 Å². The molecule has 3 N–H and O–H groups in total. The molecule has 0 saturated heterocycles. The van der Waals surface area contributed by atoms with Gasteiger partial charge in [0.2, 0.25) is 0 Å². The third kappa shape index (κ3) is 2.07. The van der Waals surface area contributed by atoms with Gasteiger partial charge >= 0.3 is 0 Å². The maximum Gasteiger partial charge on any atom is 0.160 e. The zero-order valence-corrected chi connectivity index (χ0v) is 8.99. The molecule has 1 aliphatic rings. The predicted molar refractivity (Wildman–Crippen MR) is 59.1 cm³/mol. The summed E-state index contributed by atoms with van der Waals surface area (Å²) in [6.45, 7) is 0.746. The first-order valence-corrected chi connectivity index (χ1v) is 5.25. The summed E-state index contributed by atoms with van der Waals surface area (Å²) in [7, 11) is 1.56. The second kappa shape index (κ2) is 3.74. The third-order valence-electron chi connectivity index (χ3n) is 3.21. The smallest absolute Gasteiger partial charge is 0.160 e. The molecule has 82 valence electrons. The van der Waals surface area contributed by atoms with E-state index in [1.165, 1.54) is 18.4 Å². The molecule has 0 atom stereocenters. The van der Waals surface area contributed by atoms with E-state index in [0.717, 1.165) is 13.0 Å². The average molecular weight is 207 g/mol. The summed E-state index contributed by atoms with van der Waals surface area (Å²) in [5.41, 5.74) is 7.25. The quantitative estimate of drug-likeness (QED) is 0.789. The minimum atomic E-state index is 0.193. The van der Waals surface area contributed by atoms with Crippen molar-refractivity contribution in [3.05, 3.63) is 23.8 Å². The van der Waals surface area contributed by atoms with Gasteiger partial charge in [0.05, 0.1) is 7.11 Å². The molecule has 0 radical (unpaired) electrons. The predicted octanol–water partition coefficient (Wildman–Crippen LogP) is 1.68. The van der Waals surface area contributed by atoms with Gasteiger partial charge in [0.1, 0.15) is 0 Å². The Labute approximate surface area is 89.9 Å². The highest BCUT2D eigenvalue weighted by molar-refractivity contribution is 5.42. The van der Waals surface area contributed by atoms with Gasteiger partial charge in [-0.25, -0.2) is 0 Å². The fraction of sp³-hybridized carbons (Fsp3) is 0.500. The largest absolute Gasteiger partial charge is 0.504 e. The van der Waals surface area contributed by atoms with Crippen LogP contribution < -0.4 is 10.5 Å². The average Bonchev–Trinajstić information content (AvgIpc) is 3.02. The number of hydrogen-bond acceptors (Lipinski definition) is 3. The van der Waals surface area contributed by atoms with E-state index in [2.05, 4.69) is 0 Å². The van der Waals surface area contributed by atoms with Gasteiger partial charge in [-0.05, 0) is 48.9 Å². The molecular formula is C12H17NO2. The van der Waals surface area contributed by atoms with Gasteiger partial charge in [0.25, 0.3) is 0 Å². The minimum Gasteiger partial charge on any atom is -0.504 e. The molecule has 3 nitrogen and oxygen atoms in total. The zero-order valence-electron chi connectivity index (χ0n) is 8.99. The van der Waals surface area contributed by atoms with E-state index >= 15 is 0 Å². The van der Waals surface area contributed by atoms with Crippen molar-refractivity contribution in [1.29, 1.82) is 0 Å². The van der Waals surface area contributed by atoms with Crippen LogP contribution in [0.3, 0.4) is 0 Å². The molecule has 1 fully saturated rings. The summed E-state index contributed by atoms with van der Waals surface area (Å²) in [5.74, 6) is 0.735. The van der Waals surface area contributed by atoms with Gasteiger partial charge in [-0.3, -0.25) is 0 Å². The number of aromatic hydroxyl groups is 1. The minimum absolute atomic E-state index is 0.193. The lowest BCUT2D eigenvalue weighted by Gasteiger charge is -2.13. The van der Waals surface area contributed by atoms with Gasteiger partial charge < -0.3 is 15.6 Å². The van der Waals surface area contributed by atoms with Crippen molar-refractivity contribution in [2.75, 3.05) is 13.7 Å². The molecule has 1 aromatic carbocycles. The molecule has 0 aliphatic heterocycles. The number of ether oxygens (including phenoxy) is 1. The van der Waals surface area contributed by atoms with E-state index in [0.29, 0.717) is 11.2 Å². The van der Waals surface area contributed by atoms with Crippen molar-refractivity contribution in [3.8, 4) is 11.5 Å². The third-order valence-corrected chi connectivity index (χ3v) is 3.21. The SMILES string of the molecule is COc1cc(CC2(CN)CC2)ccc1O. The van der Waals surface area contributed by atoms with Gasteiger partial charge in [0, 0.05) is 0 Å². The van der Waals surface area contributed by atoms with Crippen LogP contribution in [-0.2, 0) is 6.42 Å². The van der Waals surface area contributed by atoms with Gasteiger partial charge in [-0.15, -0.1) is 0 Å². The zero-order chi connectivity index (χ0) is 10.9. The summed E-state index contributed by atoms with van der Waals surface area (Å²) < 4.78 is 5.07. The molecule has 0 aromatic heterocycles. The topological polar surface area (TPSA) is 55.5 Å². The Balaban J connectivity index is 2.15. The number of phenols is 1. The van der Waals surface area contributed by atoms with E-state index in [1.807, 2.05) is 12.1 Å². The molecule has 3 heteroatoms. The lowest BCUT2D eigenvalue weighted by Crippen LogP contribution is -2.17. The Morgan fingerprint density at radius 1 is 1.47 bits per heavy atom. The highest BCUT2D eigenvalue weighted by Gasteiger charge is 2.40. The Kier molecular flexibility index (Phi) is 2.57. The normalized spacial score (nSPS) is 17.5. The van der Waals surface area contributed by atoms with Crippen LogP contribution in [-0.4, -0.2) is 18.8 Å².